The maximum absolute atomic E-state index is 12.3. The van der Waals surface area contributed by atoms with Gasteiger partial charge >= 0.3 is 12.3 Å². The van der Waals surface area contributed by atoms with Gasteiger partial charge in [0.2, 0.25) is 0 Å². The monoisotopic (exact) mass is 312 g/mol. The highest BCUT2D eigenvalue weighted by atomic mass is 19.4. The Bertz CT molecular complexity index is 695. The van der Waals surface area contributed by atoms with Gasteiger partial charge in [-0.05, 0) is 41.5 Å². The molecular weight excluding hydrogens is 301 g/mol. The minimum Gasteiger partial charge on any atom is -0.497 e. The second-order valence-corrected chi connectivity index (χ2v) is 4.29. The van der Waals surface area contributed by atoms with Crippen LogP contribution in [-0.2, 0) is 0 Å². The van der Waals surface area contributed by atoms with E-state index in [2.05, 4.69) is 4.74 Å². The van der Waals surface area contributed by atoms with E-state index in [9.17, 15) is 23.1 Å². The number of alkyl halides is 3. The summed E-state index contributed by atoms with van der Waals surface area (Å²) in [5.41, 5.74) is 0.461. The number of methoxy groups -OCH3 is 1. The van der Waals surface area contributed by atoms with E-state index >= 15 is 0 Å². The van der Waals surface area contributed by atoms with Gasteiger partial charge in [-0.1, -0.05) is 12.1 Å². The van der Waals surface area contributed by atoms with Gasteiger partial charge in [0.25, 0.3) is 0 Å². The van der Waals surface area contributed by atoms with Gasteiger partial charge in [0, 0.05) is 0 Å². The van der Waals surface area contributed by atoms with E-state index in [4.69, 9.17) is 4.74 Å². The summed E-state index contributed by atoms with van der Waals surface area (Å²) in [6.45, 7) is 0. The van der Waals surface area contributed by atoms with Gasteiger partial charge in [-0.25, -0.2) is 4.79 Å². The number of halogens is 3. The first-order valence-electron chi connectivity index (χ1n) is 6.07. The van der Waals surface area contributed by atoms with Crippen LogP contribution in [0.15, 0.2) is 42.5 Å². The fourth-order valence-corrected chi connectivity index (χ4v) is 1.94. The Kier molecular flexibility index (Phi) is 4.25. The number of carboxylic acids is 1. The predicted molar refractivity (Wildman–Crippen MR) is 72.1 cm³/mol. The first-order valence-corrected chi connectivity index (χ1v) is 6.07. The normalized spacial score (nSPS) is 11.1. The SMILES string of the molecule is COc1ccc(C(=O)O)c(-c2cccc(OC(F)(F)F)c2)c1. The van der Waals surface area contributed by atoms with E-state index < -0.39 is 18.1 Å². The summed E-state index contributed by atoms with van der Waals surface area (Å²) in [7, 11) is 1.41. The molecule has 0 unspecified atom stereocenters. The van der Waals surface area contributed by atoms with E-state index in [1.807, 2.05) is 0 Å². The Morgan fingerprint density at radius 1 is 1.09 bits per heavy atom. The van der Waals surface area contributed by atoms with Crippen molar-refractivity contribution in [3.8, 4) is 22.6 Å². The second kappa shape index (κ2) is 5.97. The van der Waals surface area contributed by atoms with Crippen LogP contribution < -0.4 is 9.47 Å². The van der Waals surface area contributed by atoms with Gasteiger partial charge < -0.3 is 14.6 Å². The van der Waals surface area contributed by atoms with Crippen molar-refractivity contribution < 1.29 is 32.5 Å². The molecule has 0 spiro atoms. The largest absolute Gasteiger partial charge is 0.573 e. The third-order valence-electron chi connectivity index (χ3n) is 2.84. The summed E-state index contributed by atoms with van der Waals surface area (Å²) in [6.07, 6.45) is -4.82. The van der Waals surface area contributed by atoms with E-state index in [0.717, 1.165) is 12.1 Å². The van der Waals surface area contributed by atoms with Gasteiger partial charge in [-0.15, -0.1) is 13.2 Å². The molecule has 116 valence electrons. The lowest BCUT2D eigenvalue weighted by Crippen LogP contribution is -2.17. The fourth-order valence-electron chi connectivity index (χ4n) is 1.94. The lowest BCUT2D eigenvalue weighted by atomic mass is 9.99. The van der Waals surface area contributed by atoms with Crippen molar-refractivity contribution in [2.24, 2.45) is 0 Å². The van der Waals surface area contributed by atoms with E-state index in [1.54, 1.807) is 0 Å². The number of hydrogen-bond donors (Lipinski definition) is 1. The number of carboxylic acid groups (broad SMARTS) is 1. The Morgan fingerprint density at radius 2 is 1.82 bits per heavy atom. The standard InChI is InChI=1S/C15H11F3O4/c1-21-10-5-6-12(14(19)20)13(8-10)9-3-2-4-11(7-9)22-15(16,17)18/h2-8H,1H3,(H,19,20). The number of aromatic carboxylic acids is 1. The first kappa shape index (κ1) is 15.7. The van der Waals surface area contributed by atoms with Crippen LogP contribution in [0.1, 0.15) is 10.4 Å². The summed E-state index contributed by atoms with van der Waals surface area (Å²) in [5, 5.41) is 9.19. The molecule has 1 N–H and O–H groups in total. The van der Waals surface area contributed by atoms with Crippen molar-refractivity contribution in [1.82, 2.24) is 0 Å². The number of hydrogen-bond acceptors (Lipinski definition) is 3. The molecule has 0 atom stereocenters. The van der Waals surface area contributed by atoms with Crippen LogP contribution in [0.25, 0.3) is 11.1 Å². The Labute approximate surface area is 123 Å². The molecule has 2 aromatic rings. The van der Waals surface area contributed by atoms with Crippen molar-refractivity contribution in [3.05, 3.63) is 48.0 Å². The van der Waals surface area contributed by atoms with E-state index in [0.29, 0.717) is 5.75 Å². The maximum atomic E-state index is 12.3. The van der Waals surface area contributed by atoms with Gasteiger partial charge in [-0.2, -0.15) is 0 Å². The predicted octanol–water partition coefficient (Wildman–Crippen LogP) is 3.96. The minimum atomic E-state index is -4.82. The third kappa shape index (κ3) is 3.69. The molecule has 0 bridgehead atoms. The molecule has 0 fully saturated rings. The molecule has 0 saturated heterocycles. The van der Waals surface area contributed by atoms with Crippen LogP contribution >= 0.6 is 0 Å². The van der Waals surface area contributed by atoms with Crippen LogP contribution in [0.3, 0.4) is 0 Å². The average molecular weight is 312 g/mol. The molecule has 0 aromatic heterocycles. The van der Waals surface area contributed by atoms with Crippen LogP contribution in [0, 0.1) is 0 Å². The summed E-state index contributed by atoms with van der Waals surface area (Å²) in [6, 6.07) is 9.32. The molecule has 7 heteroatoms. The highest BCUT2D eigenvalue weighted by Gasteiger charge is 2.31. The topological polar surface area (TPSA) is 55.8 Å². The average Bonchev–Trinajstić information content (AvgIpc) is 2.45. The molecule has 0 aliphatic carbocycles. The lowest BCUT2D eigenvalue weighted by Gasteiger charge is -2.12. The van der Waals surface area contributed by atoms with Gasteiger partial charge in [0.1, 0.15) is 11.5 Å². The molecule has 4 nitrogen and oxygen atoms in total. The Hall–Kier alpha value is -2.70. The van der Waals surface area contributed by atoms with Crippen LogP contribution in [-0.4, -0.2) is 24.5 Å². The van der Waals surface area contributed by atoms with Gasteiger partial charge in [0.05, 0.1) is 12.7 Å². The Balaban J connectivity index is 2.51. The van der Waals surface area contributed by atoms with Crippen molar-refractivity contribution in [1.29, 1.82) is 0 Å². The molecule has 0 saturated carbocycles. The van der Waals surface area contributed by atoms with Crippen molar-refractivity contribution in [2.75, 3.05) is 7.11 Å². The fraction of sp³-hybridized carbons (Fsp3) is 0.133. The minimum absolute atomic E-state index is 0.0510. The maximum Gasteiger partial charge on any atom is 0.573 e. The summed E-state index contributed by atoms with van der Waals surface area (Å²) in [4.78, 5) is 11.3. The van der Waals surface area contributed by atoms with Crippen LogP contribution in [0.4, 0.5) is 13.2 Å². The van der Waals surface area contributed by atoms with Crippen molar-refractivity contribution in [2.45, 2.75) is 6.36 Å². The highest BCUT2D eigenvalue weighted by Crippen LogP contribution is 2.32. The van der Waals surface area contributed by atoms with Crippen molar-refractivity contribution >= 4 is 5.97 Å². The van der Waals surface area contributed by atoms with Crippen LogP contribution in [0.5, 0.6) is 11.5 Å². The molecule has 0 radical (unpaired) electrons. The zero-order chi connectivity index (χ0) is 16.3. The van der Waals surface area contributed by atoms with Crippen LogP contribution in [0.2, 0.25) is 0 Å². The van der Waals surface area contributed by atoms with Crippen molar-refractivity contribution in [3.63, 3.8) is 0 Å². The molecule has 22 heavy (non-hydrogen) atoms. The molecule has 2 aromatic carbocycles. The quantitative estimate of drug-likeness (QED) is 0.928. The van der Waals surface area contributed by atoms with E-state index in [1.165, 1.54) is 37.4 Å². The number of benzene rings is 2. The molecule has 2 rings (SSSR count). The van der Waals surface area contributed by atoms with E-state index in [-0.39, 0.29) is 16.7 Å². The zero-order valence-corrected chi connectivity index (χ0v) is 11.3. The van der Waals surface area contributed by atoms with Gasteiger partial charge in [0.15, 0.2) is 0 Å². The summed E-state index contributed by atoms with van der Waals surface area (Å²) >= 11 is 0. The number of ether oxygens (including phenoxy) is 2. The number of rotatable bonds is 4. The zero-order valence-electron chi connectivity index (χ0n) is 11.3. The molecule has 0 aliphatic heterocycles. The molecule has 0 aliphatic rings. The summed E-state index contributed by atoms with van der Waals surface area (Å²) in [5.74, 6) is -1.23. The molecular formula is C15H11F3O4. The third-order valence-corrected chi connectivity index (χ3v) is 2.84. The highest BCUT2D eigenvalue weighted by molar-refractivity contribution is 5.96. The summed E-state index contributed by atoms with van der Waals surface area (Å²) < 4.78 is 45.7. The molecule has 0 amide bonds. The Morgan fingerprint density at radius 3 is 2.41 bits per heavy atom. The lowest BCUT2D eigenvalue weighted by molar-refractivity contribution is -0.274. The second-order valence-electron chi connectivity index (χ2n) is 4.29. The smallest absolute Gasteiger partial charge is 0.497 e. The molecule has 0 heterocycles. The van der Waals surface area contributed by atoms with Gasteiger partial charge in [-0.3, -0.25) is 0 Å². The number of carbonyl (C=O) groups is 1. The first-order chi connectivity index (χ1) is 10.3.